The number of nitrogens with zero attached hydrogens (tertiary/aromatic N) is 1. The highest BCUT2D eigenvalue weighted by Gasteiger charge is 2.11. The van der Waals surface area contributed by atoms with Gasteiger partial charge in [-0.3, -0.25) is 9.59 Å². The zero-order chi connectivity index (χ0) is 13.0. The molecule has 1 atom stereocenters. The predicted octanol–water partition coefficient (Wildman–Crippen LogP) is 1.55. The van der Waals surface area contributed by atoms with Gasteiger partial charge < -0.3 is 9.88 Å². The summed E-state index contributed by atoms with van der Waals surface area (Å²) >= 11 is 0. The largest absolute Gasteiger partial charge is 0.350 e. The Balaban J connectivity index is 2.70. The summed E-state index contributed by atoms with van der Waals surface area (Å²) in [5, 5.41) is 2.89. The molecule has 0 aliphatic heterocycles. The van der Waals surface area contributed by atoms with Crippen molar-refractivity contribution in [3.05, 3.63) is 34.2 Å². The third kappa shape index (κ3) is 4.06. The third-order valence-electron chi connectivity index (χ3n) is 2.57. The topological polar surface area (TPSA) is 51.1 Å². The van der Waals surface area contributed by atoms with Gasteiger partial charge in [0.05, 0.1) is 0 Å². The lowest BCUT2D eigenvalue weighted by Gasteiger charge is -2.15. The van der Waals surface area contributed by atoms with Gasteiger partial charge in [-0.2, -0.15) is 0 Å². The van der Waals surface area contributed by atoms with Crippen molar-refractivity contribution in [2.24, 2.45) is 13.0 Å². The fourth-order valence-corrected chi connectivity index (χ4v) is 1.76. The van der Waals surface area contributed by atoms with E-state index in [9.17, 15) is 9.59 Å². The molecule has 0 saturated carbocycles. The molecule has 0 bridgehead atoms. The van der Waals surface area contributed by atoms with E-state index in [1.165, 1.54) is 10.6 Å². The van der Waals surface area contributed by atoms with E-state index in [2.05, 4.69) is 19.2 Å². The number of amides is 1. The van der Waals surface area contributed by atoms with Crippen molar-refractivity contribution in [3.8, 4) is 0 Å². The molecule has 0 spiro atoms. The van der Waals surface area contributed by atoms with Crippen molar-refractivity contribution < 1.29 is 4.79 Å². The van der Waals surface area contributed by atoms with E-state index in [0.717, 1.165) is 6.42 Å². The van der Waals surface area contributed by atoms with Gasteiger partial charge in [0.15, 0.2) is 0 Å². The van der Waals surface area contributed by atoms with Gasteiger partial charge in [-0.25, -0.2) is 0 Å². The van der Waals surface area contributed by atoms with Crippen LogP contribution >= 0.6 is 0 Å². The monoisotopic (exact) mass is 236 g/mol. The van der Waals surface area contributed by atoms with E-state index in [0.29, 0.717) is 11.5 Å². The Morgan fingerprint density at radius 1 is 1.41 bits per heavy atom. The summed E-state index contributed by atoms with van der Waals surface area (Å²) in [5.74, 6) is 0.352. The fraction of sp³-hybridized carbons (Fsp3) is 0.538. The molecule has 1 aromatic heterocycles. The highest BCUT2D eigenvalue weighted by molar-refractivity contribution is 5.94. The van der Waals surface area contributed by atoms with Crippen molar-refractivity contribution in [3.63, 3.8) is 0 Å². The van der Waals surface area contributed by atoms with Gasteiger partial charge in [-0.15, -0.1) is 0 Å². The lowest BCUT2D eigenvalue weighted by atomic mass is 10.1. The van der Waals surface area contributed by atoms with Crippen molar-refractivity contribution in [2.45, 2.75) is 33.2 Å². The van der Waals surface area contributed by atoms with Gasteiger partial charge >= 0.3 is 0 Å². The summed E-state index contributed by atoms with van der Waals surface area (Å²) in [5.41, 5.74) is 0.248. The first-order valence-electron chi connectivity index (χ1n) is 5.87. The first-order chi connectivity index (χ1) is 7.90. The molecule has 0 aliphatic carbocycles. The Hall–Kier alpha value is -1.58. The van der Waals surface area contributed by atoms with Crippen LogP contribution in [0, 0.1) is 5.92 Å². The molecule has 4 heteroatoms. The van der Waals surface area contributed by atoms with Crippen LogP contribution in [0.25, 0.3) is 0 Å². The Kier molecular flexibility index (Phi) is 4.49. The molecule has 0 fully saturated rings. The summed E-state index contributed by atoms with van der Waals surface area (Å²) in [4.78, 5) is 23.2. The zero-order valence-electron chi connectivity index (χ0n) is 10.9. The maximum Gasteiger partial charge on any atom is 0.251 e. The number of nitrogens with one attached hydrogen (secondary N) is 1. The van der Waals surface area contributed by atoms with Crippen molar-refractivity contribution in [2.75, 3.05) is 0 Å². The summed E-state index contributed by atoms with van der Waals surface area (Å²) in [6, 6.07) is 3.13. The first kappa shape index (κ1) is 13.5. The lowest BCUT2D eigenvalue weighted by Crippen LogP contribution is -2.34. The van der Waals surface area contributed by atoms with Gasteiger partial charge in [0, 0.05) is 30.9 Å². The Labute approximate surface area is 102 Å². The van der Waals surface area contributed by atoms with Crippen LogP contribution in [0.2, 0.25) is 0 Å². The van der Waals surface area contributed by atoms with E-state index in [4.69, 9.17) is 0 Å². The minimum atomic E-state index is -0.184. The van der Waals surface area contributed by atoms with E-state index in [1.807, 2.05) is 6.92 Å². The maximum absolute atomic E-state index is 11.8. The molecule has 1 rings (SSSR count). The number of aryl methyl sites for hydroxylation is 1. The molecule has 0 aromatic carbocycles. The van der Waals surface area contributed by atoms with Crippen LogP contribution in [0.1, 0.15) is 37.6 Å². The summed E-state index contributed by atoms with van der Waals surface area (Å²) in [7, 11) is 1.66. The van der Waals surface area contributed by atoms with Crippen LogP contribution in [-0.2, 0) is 7.05 Å². The van der Waals surface area contributed by atoms with Gasteiger partial charge in [0.2, 0.25) is 0 Å². The smallest absolute Gasteiger partial charge is 0.251 e. The third-order valence-corrected chi connectivity index (χ3v) is 2.57. The number of pyridine rings is 1. The number of hydrogen-bond donors (Lipinski definition) is 1. The van der Waals surface area contributed by atoms with Gasteiger partial charge in [-0.1, -0.05) is 13.8 Å². The minimum Gasteiger partial charge on any atom is -0.350 e. The summed E-state index contributed by atoms with van der Waals surface area (Å²) < 4.78 is 1.44. The van der Waals surface area contributed by atoms with Crippen LogP contribution in [0.5, 0.6) is 0 Å². The fourth-order valence-electron chi connectivity index (χ4n) is 1.76. The molecule has 1 amide bonds. The second-order valence-electron chi connectivity index (χ2n) is 4.87. The second-order valence-corrected chi connectivity index (χ2v) is 4.87. The molecular formula is C13H20N2O2. The van der Waals surface area contributed by atoms with E-state index >= 15 is 0 Å². The second kappa shape index (κ2) is 5.66. The number of hydrogen-bond acceptors (Lipinski definition) is 2. The van der Waals surface area contributed by atoms with Crippen LogP contribution in [0.4, 0.5) is 0 Å². The molecular weight excluding hydrogens is 216 g/mol. The minimum absolute atomic E-state index is 0.117. The highest BCUT2D eigenvalue weighted by atomic mass is 16.2. The van der Waals surface area contributed by atoms with Gasteiger partial charge in [0.25, 0.3) is 11.5 Å². The van der Waals surface area contributed by atoms with Crippen LogP contribution in [0.15, 0.2) is 23.1 Å². The molecule has 1 N–H and O–H groups in total. The molecule has 1 heterocycles. The lowest BCUT2D eigenvalue weighted by molar-refractivity contribution is 0.0936. The van der Waals surface area contributed by atoms with Crippen LogP contribution in [-0.4, -0.2) is 16.5 Å². The van der Waals surface area contributed by atoms with Crippen molar-refractivity contribution in [1.82, 2.24) is 9.88 Å². The standard InChI is InChI=1S/C13H20N2O2/c1-9(2)7-10(3)14-13(17)11-5-6-15(4)12(16)8-11/h5-6,8-10H,7H2,1-4H3,(H,14,17). The average Bonchev–Trinajstić information content (AvgIpc) is 2.20. The molecule has 1 aromatic rings. The number of rotatable bonds is 4. The Morgan fingerprint density at radius 3 is 2.59 bits per heavy atom. The van der Waals surface area contributed by atoms with E-state index in [1.54, 1.807) is 19.3 Å². The molecule has 17 heavy (non-hydrogen) atoms. The Morgan fingerprint density at radius 2 is 2.06 bits per heavy atom. The van der Waals surface area contributed by atoms with Crippen molar-refractivity contribution in [1.29, 1.82) is 0 Å². The SMILES string of the molecule is CC(C)CC(C)NC(=O)c1ccn(C)c(=O)c1. The van der Waals surface area contributed by atoms with Gasteiger partial charge in [0.1, 0.15) is 0 Å². The predicted molar refractivity (Wildman–Crippen MR) is 68.1 cm³/mol. The summed E-state index contributed by atoms with van der Waals surface area (Å²) in [6.07, 6.45) is 2.53. The number of aromatic nitrogens is 1. The number of carbonyl (C=O) groups is 1. The molecule has 0 aliphatic rings. The van der Waals surface area contributed by atoms with Crippen LogP contribution < -0.4 is 10.9 Å². The molecule has 1 unspecified atom stereocenters. The van der Waals surface area contributed by atoms with Gasteiger partial charge in [-0.05, 0) is 25.3 Å². The Bertz CT molecular complexity index is 449. The maximum atomic E-state index is 11.8. The molecule has 0 saturated heterocycles. The quantitative estimate of drug-likeness (QED) is 0.862. The normalized spacial score (nSPS) is 12.5. The van der Waals surface area contributed by atoms with Crippen molar-refractivity contribution >= 4 is 5.91 Å². The summed E-state index contributed by atoms with van der Waals surface area (Å²) in [6.45, 7) is 6.20. The van der Waals surface area contributed by atoms with E-state index in [-0.39, 0.29) is 17.5 Å². The van der Waals surface area contributed by atoms with Crippen LogP contribution in [0.3, 0.4) is 0 Å². The number of carbonyl (C=O) groups excluding carboxylic acids is 1. The first-order valence-corrected chi connectivity index (χ1v) is 5.87. The molecule has 4 nitrogen and oxygen atoms in total. The average molecular weight is 236 g/mol. The van der Waals surface area contributed by atoms with E-state index < -0.39 is 0 Å². The molecule has 0 radical (unpaired) electrons. The highest BCUT2D eigenvalue weighted by Crippen LogP contribution is 2.05. The zero-order valence-corrected chi connectivity index (χ0v) is 10.9. The molecule has 94 valence electrons.